The van der Waals surface area contributed by atoms with Crippen molar-refractivity contribution in [2.75, 3.05) is 0 Å². The van der Waals surface area contributed by atoms with E-state index >= 15 is 0 Å². The molecule has 0 aliphatic carbocycles. The highest BCUT2D eigenvalue weighted by molar-refractivity contribution is 9.10. The van der Waals surface area contributed by atoms with Crippen LogP contribution in [-0.2, 0) is 0 Å². The lowest BCUT2D eigenvalue weighted by molar-refractivity contribution is 1.36. The van der Waals surface area contributed by atoms with Crippen molar-refractivity contribution in [3.63, 3.8) is 0 Å². The Balaban J connectivity index is 3.17. The van der Waals surface area contributed by atoms with Crippen molar-refractivity contribution >= 4 is 15.9 Å². The van der Waals surface area contributed by atoms with Crippen LogP contribution in [0.15, 0.2) is 16.6 Å². The first-order valence-electron chi connectivity index (χ1n) is 2.85. The molecule has 0 fully saturated rings. The quantitative estimate of drug-likeness (QED) is 0.581. The molecule has 47 valence electrons. The summed E-state index contributed by atoms with van der Waals surface area (Å²) in [6.07, 6.45) is 0. The van der Waals surface area contributed by atoms with Crippen LogP contribution in [0.5, 0.6) is 0 Å². The number of halogens is 1. The van der Waals surface area contributed by atoms with Gasteiger partial charge < -0.3 is 0 Å². The highest BCUT2D eigenvalue weighted by Gasteiger charge is 1.91. The molecule has 1 radical (unpaired) electrons. The van der Waals surface area contributed by atoms with Crippen LogP contribution in [0.25, 0.3) is 0 Å². The van der Waals surface area contributed by atoms with Crippen molar-refractivity contribution in [1.82, 2.24) is 0 Å². The third kappa shape index (κ3) is 1.55. The van der Waals surface area contributed by atoms with E-state index in [4.69, 9.17) is 0 Å². The normalized spacial score (nSPS) is 9.67. The minimum Gasteiger partial charge on any atom is -0.0584 e. The van der Waals surface area contributed by atoms with E-state index in [9.17, 15) is 0 Å². The topological polar surface area (TPSA) is 0 Å². The molecule has 1 rings (SSSR count). The van der Waals surface area contributed by atoms with Gasteiger partial charge in [0.2, 0.25) is 0 Å². The fourth-order valence-corrected chi connectivity index (χ4v) is 1.08. The molecule has 0 unspecified atom stereocenters. The van der Waals surface area contributed by atoms with Gasteiger partial charge in [-0.1, -0.05) is 12.1 Å². The monoisotopic (exact) mass is 183 g/mol. The summed E-state index contributed by atoms with van der Waals surface area (Å²) in [7, 11) is 0. The maximum Gasteiger partial charge on any atom is 0.0286 e. The lowest BCUT2D eigenvalue weighted by atomic mass is 10.2. The van der Waals surface area contributed by atoms with Crippen LogP contribution in [0.2, 0.25) is 0 Å². The Morgan fingerprint density at radius 3 is 2.44 bits per heavy atom. The molecule has 9 heavy (non-hydrogen) atoms. The predicted octanol–water partition coefficient (Wildman–Crippen LogP) is 2.87. The first kappa shape index (κ1) is 6.81. The van der Waals surface area contributed by atoms with Crippen LogP contribution >= 0.6 is 15.9 Å². The summed E-state index contributed by atoms with van der Waals surface area (Å²) < 4.78 is 1.07. The first-order chi connectivity index (χ1) is 4.20. The van der Waals surface area contributed by atoms with Crippen molar-refractivity contribution in [3.05, 3.63) is 33.8 Å². The predicted molar refractivity (Wildman–Crippen MR) is 42.5 cm³/mol. The fraction of sp³-hybridized carbons (Fsp3) is 0.250. The second-order valence-electron chi connectivity index (χ2n) is 2.14. The van der Waals surface area contributed by atoms with E-state index in [0.717, 1.165) is 4.47 Å². The number of hydrogen-bond acceptors (Lipinski definition) is 0. The van der Waals surface area contributed by atoms with E-state index in [2.05, 4.69) is 41.1 Å². The van der Waals surface area contributed by atoms with Gasteiger partial charge in [0, 0.05) is 10.5 Å². The van der Waals surface area contributed by atoms with Gasteiger partial charge in [0.25, 0.3) is 0 Å². The SMILES string of the molecule is Cc1[c]c(Br)c(C)cc1. The minimum absolute atomic E-state index is 1.07. The molecule has 0 amide bonds. The van der Waals surface area contributed by atoms with Gasteiger partial charge >= 0.3 is 0 Å². The molecule has 1 aromatic carbocycles. The van der Waals surface area contributed by atoms with Gasteiger partial charge in [0.15, 0.2) is 0 Å². The van der Waals surface area contributed by atoms with E-state index in [-0.39, 0.29) is 0 Å². The zero-order chi connectivity index (χ0) is 6.85. The van der Waals surface area contributed by atoms with Gasteiger partial charge in [-0.05, 0) is 40.9 Å². The number of benzene rings is 1. The summed E-state index contributed by atoms with van der Waals surface area (Å²) in [4.78, 5) is 0. The summed E-state index contributed by atoms with van der Waals surface area (Å²) in [6, 6.07) is 7.29. The van der Waals surface area contributed by atoms with Gasteiger partial charge in [-0.15, -0.1) is 0 Å². The molecular weight excluding hydrogens is 176 g/mol. The molecule has 1 aromatic rings. The highest BCUT2D eigenvalue weighted by atomic mass is 79.9. The Kier molecular flexibility index (Phi) is 1.91. The van der Waals surface area contributed by atoms with Crippen molar-refractivity contribution in [2.24, 2.45) is 0 Å². The molecular formula is C8H8Br. The van der Waals surface area contributed by atoms with Crippen molar-refractivity contribution in [2.45, 2.75) is 13.8 Å². The maximum absolute atomic E-state index is 3.39. The van der Waals surface area contributed by atoms with Crippen molar-refractivity contribution in [1.29, 1.82) is 0 Å². The molecule has 0 nitrogen and oxygen atoms in total. The Morgan fingerprint density at radius 1 is 1.33 bits per heavy atom. The zero-order valence-corrected chi connectivity index (χ0v) is 7.12. The summed E-state index contributed by atoms with van der Waals surface area (Å²) in [5.41, 5.74) is 2.41. The first-order valence-corrected chi connectivity index (χ1v) is 3.64. The number of rotatable bonds is 0. The maximum atomic E-state index is 3.39. The Morgan fingerprint density at radius 2 is 2.00 bits per heavy atom. The van der Waals surface area contributed by atoms with Gasteiger partial charge in [-0.25, -0.2) is 0 Å². The second kappa shape index (κ2) is 2.53. The highest BCUT2D eigenvalue weighted by Crippen LogP contribution is 2.15. The van der Waals surface area contributed by atoms with Gasteiger partial charge in [0.05, 0.1) is 0 Å². The molecule has 0 N–H and O–H groups in total. The fourth-order valence-electron chi connectivity index (χ4n) is 0.637. The third-order valence-corrected chi connectivity index (χ3v) is 2.06. The van der Waals surface area contributed by atoms with Gasteiger partial charge in [-0.3, -0.25) is 0 Å². The molecule has 0 bridgehead atoms. The van der Waals surface area contributed by atoms with Crippen LogP contribution in [-0.4, -0.2) is 0 Å². The van der Waals surface area contributed by atoms with Crippen LogP contribution < -0.4 is 0 Å². The van der Waals surface area contributed by atoms with Crippen LogP contribution in [0.1, 0.15) is 11.1 Å². The number of aryl methyl sites for hydroxylation is 2. The van der Waals surface area contributed by atoms with E-state index in [1.54, 1.807) is 0 Å². The van der Waals surface area contributed by atoms with E-state index in [0.29, 0.717) is 0 Å². The molecule has 0 spiro atoms. The smallest absolute Gasteiger partial charge is 0.0286 e. The molecule has 0 aromatic heterocycles. The summed E-state index contributed by atoms with van der Waals surface area (Å²) >= 11 is 3.39. The van der Waals surface area contributed by atoms with E-state index in [1.165, 1.54) is 11.1 Å². The average Bonchev–Trinajstić information content (AvgIpc) is 1.80. The third-order valence-electron chi connectivity index (χ3n) is 1.24. The molecule has 0 aliphatic heterocycles. The lowest BCUT2D eigenvalue weighted by Gasteiger charge is -1.95. The minimum atomic E-state index is 1.07. The molecule has 0 aliphatic rings. The second-order valence-corrected chi connectivity index (χ2v) is 2.93. The Labute approximate surface area is 64.0 Å². The van der Waals surface area contributed by atoms with Crippen molar-refractivity contribution in [3.8, 4) is 0 Å². The van der Waals surface area contributed by atoms with E-state index < -0.39 is 0 Å². The van der Waals surface area contributed by atoms with Gasteiger partial charge in [-0.2, -0.15) is 0 Å². The molecule has 1 heteroatoms. The van der Waals surface area contributed by atoms with Crippen LogP contribution in [0, 0.1) is 19.9 Å². The zero-order valence-electron chi connectivity index (χ0n) is 5.53. The number of hydrogen-bond donors (Lipinski definition) is 0. The molecule has 0 heterocycles. The lowest BCUT2D eigenvalue weighted by Crippen LogP contribution is -1.76. The van der Waals surface area contributed by atoms with Crippen LogP contribution in [0.4, 0.5) is 0 Å². The standard InChI is InChI=1S/C8H8Br/c1-6-3-4-7(2)8(9)5-6/h3-4H,1-2H3. The molecule has 0 atom stereocenters. The Hall–Kier alpha value is -0.300. The average molecular weight is 184 g/mol. The summed E-state index contributed by atoms with van der Waals surface area (Å²) in [5, 5.41) is 0. The van der Waals surface area contributed by atoms with E-state index in [1.807, 2.05) is 6.92 Å². The molecule has 0 saturated heterocycles. The Bertz CT molecular complexity index is 216. The molecule has 0 saturated carbocycles. The van der Waals surface area contributed by atoms with Gasteiger partial charge in [0.1, 0.15) is 0 Å². The largest absolute Gasteiger partial charge is 0.0584 e. The summed E-state index contributed by atoms with van der Waals surface area (Å²) in [5.74, 6) is 0. The summed E-state index contributed by atoms with van der Waals surface area (Å²) in [6.45, 7) is 4.09. The van der Waals surface area contributed by atoms with Crippen LogP contribution in [0.3, 0.4) is 0 Å². The van der Waals surface area contributed by atoms with Crippen molar-refractivity contribution < 1.29 is 0 Å².